The number of carbonyl (C=O) groups excluding carboxylic acids is 1. The van der Waals surface area contributed by atoms with E-state index >= 15 is 0 Å². The number of rotatable bonds is 8. The third-order valence-corrected chi connectivity index (χ3v) is 6.47. The van der Waals surface area contributed by atoms with Gasteiger partial charge in [0, 0.05) is 52.4 Å². The number of sulfonamides is 1. The fraction of sp³-hybridized carbons (Fsp3) is 0.600. The Morgan fingerprint density at radius 2 is 1.90 bits per heavy atom. The number of amides is 1. The largest absolute Gasteiger partial charge is 0.378 e. The van der Waals surface area contributed by atoms with Gasteiger partial charge in [-0.05, 0) is 31.5 Å². The SMILES string of the molecule is CN=C(NCc1cccc(NC(C)=O)c1)N1CCN(S(=O)(=O)CCOC(C)C)CC1.I. The highest BCUT2D eigenvalue weighted by atomic mass is 127. The van der Waals surface area contributed by atoms with Gasteiger partial charge in [0.1, 0.15) is 0 Å². The number of piperazine rings is 1. The van der Waals surface area contributed by atoms with Crippen LogP contribution in [0.25, 0.3) is 0 Å². The van der Waals surface area contributed by atoms with Crippen LogP contribution >= 0.6 is 24.0 Å². The maximum Gasteiger partial charge on any atom is 0.221 e. The van der Waals surface area contributed by atoms with Crippen molar-refractivity contribution in [1.29, 1.82) is 0 Å². The molecule has 0 radical (unpaired) electrons. The molecule has 0 aromatic heterocycles. The van der Waals surface area contributed by atoms with Crippen molar-refractivity contribution in [3.05, 3.63) is 29.8 Å². The van der Waals surface area contributed by atoms with Crippen LogP contribution in [0.15, 0.2) is 29.3 Å². The normalized spacial score (nSPS) is 15.5. The van der Waals surface area contributed by atoms with Gasteiger partial charge in [-0.2, -0.15) is 4.31 Å². The van der Waals surface area contributed by atoms with Crippen LogP contribution in [0.4, 0.5) is 5.69 Å². The Balaban J connectivity index is 0.00000480. The first-order chi connectivity index (χ1) is 14.2. The molecule has 1 aromatic carbocycles. The van der Waals surface area contributed by atoms with E-state index in [1.807, 2.05) is 43.0 Å². The molecule has 1 amide bonds. The fourth-order valence-corrected chi connectivity index (χ4v) is 4.46. The summed E-state index contributed by atoms with van der Waals surface area (Å²) in [4.78, 5) is 17.6. The van der Waals surface area contributed by atoms with Crippen LogP contribution in [0.3, 0.4) is 0 Å². The van der Waals surface area contributed by atoms with Crippen molar-refractivity contribution in [2.75, 3.05) is 50.9 Å². The lowest BCUT2D eigenvalue weighted by molar-refractivity contribution is -0.114. The number of benzene rings is 1. The third-order valence-electron chi connectivity index (χ3n) is 4.63. The quantitative estimate of drug-likeness (QED) is 0.282. The van der Waals surface area contributed by atoms with Crippen molar-refractivity contribution in [3.63, 3.8) is 0 Å². The summed E-state index contributed by atoms with van der Waals surface area (Å²) >= 11 is 0. The molecular weight excluding hydrogens is 533 g/mol. The number of nitrogens with one attached hydrogen (secondary N) is 2. The molecule has 0 unspecified atom stereocenters. The average Bonchev–Trinajstić information content (AvgIpc) is 2.68. The lowest BCUT2D eigenvalue weighted by Gasteiger charge is -2.35. The van der Waals surface area contributed by atoms with Crippen LogP contribution in [0.1, 0.15) is 26.3 Å². The van der Waals surface area contributed by atoms with Gasteiger partial charge < -0.3 is 20.3 Å². The predicted octanol–water partition coefficient (Wildman–Crippen LogP) is 1.71. The molecule has 1 aliphatic heterocycles. The van der Waals surface area contributed by atoms with Crippen LogP contribution in [0.2, 0.25) is 0 Å². The predicted molar refractivity (Wildman–Crippen MR) is 134 cm³/mol. The van der Waals surface area contributed by atoms with Gasteiger partial charge in [0.2, 0.25) is 15.9 Å². The van der Waals surface area contributed by atoms with E-state index < -0.39 is 10.0 Å². The van der Waals surface area contributed by atoms with E-state index in [0.29, 0.717) is 32.7 Å². The number of guanidine groups is 1. The highest BCUT2D eigenvalue weighted by molar-refractivity contribution is 14.0. The minimum atomic E-state index is -3.32. The zero-order chi connectivity index (χ0) is 22.1. The molecule has 176 valence electrons. The lowest BCUT2D eigenvalue weighted by atomic mass is 10.2. The first-order valence-electron chi connectivity index (χ1n) is 10.1. The van der Waals surface area contributed by atoms with Gasteiger partial charge in [0.25, 0.3) is 0 Å². The minimum absolute atomic E-state index is 0. The number of nitrogens with zero attached hydrogens (tertiary/aromatic N) is 3. The Hall–Kier alpha value is -1.44. The van der Waals surface area contributed by atoms with Gasteiger partial charge in [-0.25, -0.2) is 8.42 Å². The summed E-state index contributed by atoms with van der Waals surface area (Å²) in [7, 11) is -1.61. The van der Waals surface area contributed by atoms with Crippen LogP contribution < -0.4 is 10.6 Å². The van der Waals surface area contributed by atoms with Crippen LogP contribution in [-0.4, -0.2) is 81.2 Å². The number of aliphatic imine (C=N–C) groups is 1. The average molecular weight is 567 g/mol. The van der Waals surface area contributed by atoms with Gasteiger partial charge in [0.05, 0.1) is 18.5 Å². The molecule has 9 nitrogen and oxygen atoms in total. The van der Waals surface area contributed by atoms with Gasteiger partial charge in [-0.1, -0.05) is 12.1 Å². The van der Waals surface area contributed by atoms with Crippen LogP contribution in [0, 0.1) is 0 Å². The van der Waals surface area contributed by atoms with Crippen molar-refractivity contribution < 1.29 is 17.9 Å². The smallest absolute Gasteiger partial charge is 0.221 e. The minimum Gasteiger partial charge on any atom is -0.378 e. The first kappa shape index (κ1) is 27.6. The van der Waals surface area contributed by atoms with E-state index in [9.17, 15) is 13.2 Å². The van der Waals surface area contributed by atoms with E-state index in [4.69, 9.17) is 4.74 Å². The number of carbonyl (C=O) groups is 1. The third kappa shape index (κ3) is 9.29. The number of anilines is 1. The van der Waals surface area contributed by atoms with Crippen molar-refractivity contribution in [1.82, 2.24) is 14.5 Å². The summed E-state index contributed by atoms with van der Waals surface area (Å²) in [6.45, 7) is 7.98. The van der Waals surface area contributed by atoms with E-state index in [-0.39, 0.29) is 48.3 Å². The summed E-state index contributed by atoms with van der Waals surface area (Å²) in [5, 5.41) is 6.08. The molecular formula is C20H34IN5O4S. The van der Waals surface area contributed by atoms with Crippen molar-refractivity contribution in [2.24, 2.45) is 4.99 Å². The molecule has 1 saturated heterocycles. The van der Waals surface area contributed by atoms with Crippen LogP contribution in [-0.2, 0) is 26.1 Å². The number of hydrogen-bond donors (Lipinski definition) is 2. The van der Waals surface area contributed by atoms with E-state index in [2.05, 4.69) is 15.6 Å². The second-order valence-corrected chi connectivity index (χ2v) is 9.49. The molecule has 1 fully saturated rings. The fourth-order valence-electron chi connectivity index (χ4n) is 3.17. The second-order valence-electron chi connectivity index (χ2n) is 7.40. The number of ether oxygens (including phenoxy) is 1. The molecule has 0 saturated carbocycles. The Labute approximate surface area is 202 Å². The van der Waals surface area contributed by atoms with Crippen molar-refractivity contribution >= 4 is 51.6 Å². The molecule has 0 spiro atoms. The molecule has 1 heterocycles. The Bertz CT molecular complexity index is 840. The van der Waals surface area contributed by atoms with Crippen molar-refractivity contribution in [3.8, 4) is 0 Å². The Kier molecular flexibility index (Phi) is 11.7. The monoisotopic (exact) mass is 567 g/mol. The highest BCUT2D eigenvalue weighted by Crippen LogP contribution is 2.12. The van der Waals surface area contributed by atoms with E-state index in [1.165, 1.54) is 11.2 Å². The lowest BCUT2D eigenvalue weighted by Crippen LogP contribution is -2.54. The molecule has 0 atom stereocenters. The molecule has 0 aliphatic carbocycles. The molecule has 1 aliphatic rings. The summed E-state index contributed by atoms with van der Waals surface area (Å²) < 4.78 is 31.9. The van der Waals surface area contributed by atoms with Crippen molar-refractivity contribution in [2.45, 2.75) is 33.4 Å². The number of hydrogen-bond acceptors (Lipinski definition) is 5. The molecule has 2 N–H and O–H groups in total. The maximum absolute atomic E-state index is 12.5. The van der Waals surface area contributed by atoms with Gasteiger partial charge in [-0.3, -0.25) is 9.79 Å². The van der Waals surface area contributed by atoms with E-state index in [1.54, 1.807) is 7.05 Å². The van der Waals surface area contributed by atoms with Gasteiger partial charge in [-0.15, -0.1) is 24.0 Å². The maximum atomic E-state index is 12.5. The second kappa shape index (κ2) is 13.2. The molecule has 11 heteroatoms. The standard InChI is InChI=1S/C20H33N5O4S.HI/c1-16(2)29-12-13-30(27,28)25-10-8-24(9-11-25)20(21-4)22-15-18-6-5-7-19(14-18)23-17(3)26;/h5-7,14,16H,8-13,15H2,1-4H3,(H,21,22)(H,23,26);1H. The zero-order valence-corrected chi connectivity index (χ0v) is 21.8. The summed E-state index contributed by atoms with van der Waals surface area (Å²) in [6, 6.07) is 7.60. The number of halogens is 1. The summed E-state index contributed by atoms with van der Waals surface area (Å²) in [6.07, 6.45) is 0.0189. The first-order valence-corrected chi connectivity index (χ1v) is 11.7. The molecule has 31 heavy (non-hydrogen) atoms. The van der Waals surface area contributed by atoms with Gasteiger partial charge >= 0.3 is 0 Å². The van der Waals surface area contributed by atoms with Crippen LogP contribution in [0.5, 0.6) is 0 Å². The van der Waals surface area contributed by atoms with E-state index in [0.717, 1.165) is 17.2 Å². The topological polar surface area (TPSA) is 103 Å². The molecule has 1 aromatic rings. The zero-order valence-electron chi connectivity index (χ0n) is 18.6. The Morgan fingerprint density at radius 3 is 2.48 bits per heavy atom. The molecule has 2 rings (SSSR count). The summed E-state index contributed by atoms with van der Waals surface area (Å²) in [5.74, 6) is 0.614. The van der Waals surface area contributed by atoms with Gasteiger partial charge in [0.15, 0.2) is 5.96 Å². The highest BCUT2D eigenvalue weighted by Gasteiger charge is 2.28. The molecule has 0 bridgehead atoms. The summed E-state index contributed by atoms with van der Waals surface area (Å²) in [5.41, 5.74) is 1.76. The Morgan fingerprint density at radius 1 is 1.23 bits per heavy atom.